The maximum absolute atomic E-state index is 14.8. The van der Waals surface area contributed by atoms with Crippen LogP contribution >= 0.6 is 44.5 Å². The van der Waals surface area contributed by atoms with Crippen molar-refractivity contribution in [2.75, 3.05) is 24.7 Å². The van der Waals surface area contributed by atoms with Gasteiger partial charge in [-0.3, -0.25) is 33.6 Å². The number of carbonyl (C=O) groups is 7. The van der Waals surface area contributed by atoms with Crippen LogP contribution in [0.25, 0.3) is 10.9 Å². The number of nitrogens with one attached hydrogen (secondary N) is 9. The van der Waals surface area contributed by atoms with Crippen LogP contribution in [0.15, 0.2) is 91.1 Å². The minimum Gasteiger partial charge on any atom is -0.394 e. The Morgan fingerprint density at radius 3 is 1.97 bits per heavy atom. The van der Waals surface area contributed by atoms with E-state index in [-0.39, 0.29) is 43.7 Å². The Balaban J connectivity index is 1.57. The number of aromatic nitrogens is 1. The van der Waals surface area contributed by atoms with E-state index < -0.39 is 108 Å². The lowest BCUT2D eigenvalue weighted by molar-refractivity contribution is -0.136. The molecule has 1 aromatic heterocycles. The number of amides is 7. The first-order chi connectivity index (χ1) is 34.6. The van der Waals surface area contributed by atoms with Gasteiger partial charge in [0, 0.05) is 64.3 Å². The van der Waals surface area contributed by atoms with Gasteiger partial charge in [0.05, 0.1) is 30.9 Å². The first kappa shape index (κ1) is 57.6. The van der Waals surface area contributed by atoms with Gasteiger partial charge in [-0.25, -0.2) is 3.53 Å². The molecule has 0 spiro atoms. The second kappa shape index (κ2) is 29.4. The Kier molecular flexibility index (Phi) is 23.5. The maximum atomic E-state index is 14.8. The van der Waals surface area contributed by atoms with E-state index >= 15 is 0 Å². The summed E-state index contributed by atoms with van der Waals surface area (Å²) in [4.78, 5) is 103. The van der Waals surface area contributed by atoms with Crippen molar-refractivity contribution in [1.29, 1.82) is 0 Å². The monoisotopic (exact) mass is 1140 g/mol. The SMILES string of the molecule is CC(O)[C@@H]1NC(=O)[C@H](CCCCN)NC(=O)[C@@H](Cc2c[nH]c3ccccc23)NC(=O)[C@H](Cc2ccccc2)NC(=O)[C@@H](NC(=O)[C@@H](Cc2ccccc2)NI)CSSC[C@@H](C(=O)N[C@H](CO)[C@@H](C)O)NC1=O. The number of para-hydroxylation sites is 1. The van der Waals surface area contributed by atoms with E-state index in [0.29, 0.717) is 24.0 Å². The molecular weight excluding hydrogens is 1080 g/mol. The van der Waals surface area contributed by atoms with Crippen molar-refractivity contribution >= 4 is 96.7 Å². The highest BCUT2D eigenvalue weighted by Crippen LogP contribution is 2.24. The fourth-order valence-corrected chi connectivity index (χ4v) is 10.6. The number of fused-ring (bicyclic) bond motifs is 1. The average Bonchev–Trinajstić information content (AvgIpc) is 3.78. The number of aliphatic hydroxyl groups is 3. The minimum absolute atomic E-state index is 0.0308. The van der Waals surface area contributed by atoms with Gasteiger partial charge in [0.25, 0.3) is 0 Å². The molecule has 10 atom stereocenters. The van der Waals surface area contributed by atoms with Gasteiger partial charge in [0.1, 0.15) is 36.3 Å². The molecule has 3 aromatic carbocycles. The van der Waals surface area contributed by atoms with Crippen molar-refractivity contribution in [1.82, 2.24) is 45.7 Å². The number of rotatable bonds is 18. The molecule has 1 unspecified atom stereocenters. The molecule has 5 rings (SSSR count). The topological polar surface area (TPSA) is 318 Å². The van der Waals surface area contributed by atoms with Gasteiger partial charge >= 0.3 is 0 Å². The number of H-pyrrole nitrogens is 1. The summed E-state index contributed by atoms with van der Waals surface area (Å²) in [6, 6.07) is 15.3. The second-order valence-corrected chi connectivity index (χ2v) is 20.7. The van der Waals surface area contributed by atoms with Crippen LogP contribution < -0.4 is 46.5 Å². The lowest BCUT2D eigenvalue weighted by Crippen LogP contribution is -2.62. The van der Waals surface area contributed by atoms with Crippen LogP contribution in [-0.2, 0) is 52.8 Å². The van der Waals surface area contributed by atoms with Crippen molar-refractivity contribution < 1.29 is 48.9 Å². The number of aromatic amines is 1. The lowest BCUT2D eigenvalue weighted by atomic mass is 10.0. The van der Waals surface area contributed by atoms with Crippen LogP contribution in [-0.4, -0.2) is 147 Å². The molecule has 4 aromatic rings. The number of unbranched alkanes of at least 4 members (excludes halogenated alkanes) is 1. The summed E-state index contributed by atoms with van der Waals surface area (Å²) in [6.45, 7) is 2.25. The van der Waals surface area contributed by atoms with Gasteiger partial charge in [-0.1, -0.05) is 100 Å². The van der Waals surface area contributed by atoms with E-state index in [9.17, 15) is 48.9 Å². The number of nitrogens with two attached hydrogens (primary N) is 1. The molecule has 0 saturated carbocycles. The van der Waals surface area contributed by atoms with E-state index in [1.54, 1.807) is 36.5 Å². The maximum Gasteiger partial charge on any atom is 0.245 e. The average molecular weight is 1150 g/mol. The predicted octanol–water partition coefficient (Wildman–Crippen LogP) is 0.176. The smallest absolute Gasteiger partial charge is 0.245 e. The third kappa shape index (κ3) is 17.4. The molecule has 1 aliphatic heterocycles. The van der Waals surface area contributed by atoms with Gasteiger partial charge < -0.3 is 63.3 Å². The fourth-order valence-electron chi connectivity index (χ4n) is 7.79. The molecule has 0 radical (unpaired) electrons. The number of benzene rings is 3. The largest absolute Gasteiger partial charge is 0.394 e. The Morgan fingerprint density at radius 1 is 0.736 bits per heavy atom. The lowest BCUT2D eigenvalue weighted by Gasteiger charge is -2.29. The number of halogens is 1. The highest BCUT2D eigenvalue weighted by molar-refractivity contribution is 14.1. The minimum atomic E-state index is -1.66. The van der Waals surface area contributed by atoms with E-state index in [0.717, 1.165) is 38.1 Å². The Labute approximate surface area is 440 Å². The highest BCUT2D eigenvalue weighted by atomic mass is 127. The van der Waals surface area contributed by atoms with Crippen LogP contribution in [0.2, 0.25) is 0 Å². The normalized spacial score (nSPS) is 22.7. The molecule has 1 fully saturated rings. The highest BCUT2D eigenvalue weighted by Gasteiger charge is 2.36. The standard InChI is InChI=1S/C49H65IN10O10S2/c1-28(62)39(25-61)56-48(69)41-27-72-71-26-40(57-46(67)38(60-50)22-31-15-7-4-8-16-31)47(68)54-36(21-30-13-5-3-6-14-30)44(65)55-37(23-32-24-52-34-18-10-9-17-33(32)34)45(66)53-35(19-11-12-20-51)43(64)59-42(29(2)63)49(70)58-41/h3-10,13-18,24,28-29,35-42,52,60-63H,11-12,19-23,25-27,51H2,1-2H3,(H,53,66)(H,54,68)(H,55,65)(H,56,69)(H,57,67)(H,58,70)(H,59,64)/t28-,29?,35+,36+,37-,38-,39-,40+,41+,42+/m1/s1. The number of carbonyl (C=O) groups excluding carboxylic acids is 7. The summed E-state index contributed by atoms with van der Waals surface area (Å²) < 4.78 is 2.98. The van der Waals surface area contributed by atoms with Gasteiger partial charge in [0.15, 0.2) is 0 Å². The Bertz CT molecular complexity index is 2420. The van der Waals surface area contributed by atoms with Crippen LogP contribution in [0, 0.1) is 0 Å². The molecule has 14 N–H and O–H groups in total. The van der Waals surface area contributed by atoms with Crippen molar-refractivity contribution in [3.8, 4) is 0 Å². The molecule has 0 bridgehead atoms. The van der Waals surface area contributed by atoms with Crippen molar-refractivity contribution in [2.24, 2.45) is 5.73 Å². The van der Waals surface area contributed by atoms with E-state index in [4.69, 9.17) is 5.73 Å². The molecule has 23 heteroatoms. The summed E-state index contributed by atoms with van der Waals surface area (Å²) in [5.41, 5.74) is 8.74. The van der Waals surface area contributed by atoms with Gasteiger partial charge in [0.2, 0.25) is 41.4 Å². The fraction of sp³-hybridized carbons (Fsp3) is 0.449. The third-order valence-corrected chi connectivity index (χ3v) is 15.1. The van der Waals surface area contributed by atoms with Crippen LogP contribution in [0.5, 0.6) is 0 Å². The molecule has 1 aliphatic rings. The van der Waals surface area contributed by atoms with Gasteiger partial charge in [-0.2, -0.15) is 0 Å². The second-order valence-electron chi connectivity index (χ2n) is 17.5. The molecule has 1 saturated heterocycles. The van der Waals surface area contributed by atoms with Crippen LogP contribution in [0.4, 0.5) is 0 Å². The summed E-state index contributed by atoms with van der Waals surface area (Å²) in [6.07, 6.45) is 0.0175. The van der Waals surface area contributed by atoms with Gasteiger partial charge in [-0.05, 0) is 68.8 Å². The Hall–Kier alpha value is -5.28. The zero-order chi connectivity index (χ0) is 52.2. The van der Waals surface area contributed by atoms with Gasteiger partial charge in [-0.15, -0.1) is 0 Å². The Morgan fingerprint density at radius 2 is 1.33 bits per heavy atom. The summed E-state index contributed by atoms with van der Waals surface area (Å²) in [5.74, 6) is -5.75. The third-order valence-electron chi connectivity index (χ3n) is 11.9. The van der Waals surface area contributed by atoms with E-state index in [1.165, 1.54) is 13.8 Å². The molecule has 7 amide bonds. The number of hydrogen-bond acceptors (Lipinski definition) is 14. The number of aliphatic hydroxyl groups excluding tert-OH is 3. The molecule has 2 heterocycles. The molecule has 72 heavy (non-hydrogen) atoms. The van der Waals surface area contributed by atoms with Crippen molar-refractivity contribution in [2.45, 2.75) is 113 Å². The first-order valence-corrected chi connectivity index (χ1v) is 27.2. The summed E-state index contributed by atoms with van der Waals surface area (Å²) in [5, 5.41) is 50.8. The molecular formula is C49H65IN10O10S2. The predicted molar refractivity (Wildman–Crippen MR) is 285 cm³/mol. The molecule has 390 valence electrons. The summed E-state index contributed by atoms with van der Waals surface area (Å²) in [7, 11) is 2.10. The van der Waals surface area contributed by atoms with E-state index in [2.05, 4.69) is 45.7 Å². The van der Waals surface area contributed by atoms with Crippen molar-refractivity contribution in [3.05, 3.63) is 108 Å². The zero-order valence-corrected chi connectivity index (χ0v) is 43.8. The zero-order valence-electron chi connectivity index (χ0n) is 40.0. The van der Waals surface area contributed by atoms with Crippen LogP contribution in [0.3, 0.4) is 0 Å². The molecule has 0 aliphatic carbocycles. The van der Waals surface area contributed by atoms with Crippen molar-refractivity contribution in [3.63, 3.8) is 0 Å². The van der Waals surface area contributed by atoms with E-state index in [1.807, 2.05) is 77.5 Å². The first-order valence-electron chi connectivity index (χ1n) is 23.6. The van der Waals surface area contributed by atoms with Crippen LogP contribution in [0.1, 0.15) is 49.8 Å². The quantitative estimate of drug-likeness (QED) is 0.0274. The number of hydrogen-bond donors (Lipinski definition) is 13. The summed E-state index contributed by atoms with van der Waals surface area (Å²) >= 11 is 1.87. The molecule has 20 nitrogen and oxygen atoms in total.